The van der Waals surface area contributed by atoms with Crippen molar-refractivity contribution in [3.8, 4) is 0 Å². The number of hydrogen-bond acceptors (Lipinski definition) is 2. The summed E-state index contributed by atoms with van der Waals surface area (Å²) in [7, 11) is -4.76. The van der Waals surface area contributed by atoms with Crippen molar-refractivity contribution in [1.29, 1.82) is 0 Å². The van der Waals surface area contributed by atoms with Gasteiger partial charge in [0.2, 0.25) is 0 Å². The largest absolute Gasteiger partial charge is 0.458 e. The lowest BCUT2D eigenvalue weighted by Crippen LogP contribution is -2.44. The summed E-state index contributed by atoms with van der Waals surface area (Å²) in [6.07, 6.45) is 7.90. The minimum absolute atomic E-state index is 0.776. The second-order valence-electron chi connectivity index (χ2n) is 9.90. The van der Waals surface area contributed by atoms with Gasteiger partial charge >= 0.3 is 0 Å². The van der Waals surface area contributed by atoms with E-state index in [-0.39, 0.29) is 0 Å². The standard InChI is InChI=1S/C12H29BrOSi2.C8H22OSi2/c1-6-7-11-15(2,3)14-16(4,5)12-9-8-10-13;1-6-7-8-11(4,5)9-10(2)3/h6-12H2,1-5H3;10H,6-8H2,1-5H3. The van der Waals surface area contributed by atoms with Crippen molar-refractivity contribution in [3.05, 3.63) is 0 Å². The first-order valence-electron chi connectivity index (χ1n) is 11.2. The second-order valence-corrected chi connectivity index (χ2v) is 26.6. The fraction of sp³-hybridized carbons (Fsp3) is 1.00. The number of alkyl halides is 1. The van der Waals surface area contributed by atoms with Crippen LogP contribution in [0.2, 0.25) is 70.5 Å². The Kier molecular flexibility index (Phi) is 18.1. The van der Waals surface area contributed by atoms with Crippen LogP contribution in [0, 0.1) is 0 Å². The Hall–Kier alpha value is 1.27. The van der Waals surface area contributed by atoms with Crippen LogP contribution in [0.5, 0.6) is 0 Å². The molecule has 2 nitrogen and oxygen atoms in total. The highest BCUT2D eigenvalue weighted by molar-refractivity contribution is 9.09. The van der Waals surface area contributed by atoms with Gasteiger partial charge in [0.25, 0.3) is 0 Å². The fourth-order valence-electron chi connectivity index (χ4n) is 3.40. The molecule has 0 atom stereocenters. The maximum absolute atomic E-state index is 6.54. The van der Waals surface area contributed by atoms with Crippen LogP contribution in [-0.4, -0.2) is 39.3 Å². The van der Waals surface area contributed by atoms with Crippen molar-refractivity contribution in [2.24, 2.45) is 0 Å². The molecule has 0 aromatic carbocycles. The van der Waals surface area contributed by atoms with E-state index < -0.39 is 34.0 Å². The minimum Gasteiger partial charge on any atom is -0.458 e. The molecule has 0 aromatic rings. The molecule has 0 fully saturated rings. The normalized spacial score (nSPS) is 12.9. The molecule has 7 heteroatoms. The molecular formula is C20H51BrO2Si4. The summed E-state index contributed by atoms with van der Waals surface area (Å²) in [6, 6.07) is 3.99. The molecule has 0 radical (unpaired) electrons. The third kappa shape index (κ3) is 21.8. The zero-order valence-electron chi connectivity index (χ0n) is 20.3. The van der Waals surface area contributed by atoms with Crippen molar-refractivity contribution in [2.45, 2.75) is 123 Å². The van der Waals surface area contributed by atoms with Gasteiger partial charge < -0.3 is 8.23 Å². The molecule has 0 amide bonds. The lowest BCUT2D eigenvalue weighted by molar-refractivity contribution is 0.529. The lowest BCUT2D eigenvalue weighted by Gasteiger charge is -2.34. The molecule has 27 heavy (non-hydrogen) atoms. The first kappa shape index (κ1) is 30.5. The smallest absolute Gasteiger partial charge is 0.173 e. The monoisotopic (exact) mass is 514 g/mol. The maximum atomic E-state index is 6.54. The average molecular weight is 516 g/mol. The summed E-state index contributed by atoms with van der Waals surface area (Å²) in [5.41, 5.74) is 0. The number of rotatable bonds is 14. The van der Waals surface area contributed by atoms with Crippen LogP contribution < -0.4 is 0 Å². The van der Waals surface area contributed by atoms with Crippen LogP contribution >= 0.6 is 15.9 Å². The van der Waals surface area contributed by atoms with E-state index >= 15 is 0 Å². The Morgan fingerprint density at radius 2 is 1.07 bits per heavy atom. The zero-order valence-corrected chi connectivity index (χ0v) is 26.1. The Balaban J connectivity index is 0. The van der Waals surface area contributed by atoms with Gasteiger partial charge in [-0.15, -0.1) is 0 Å². The van der Waals surface area contributed by atoms with E-state index in [1.54, 1.807) is 0 Å². The Bertz CT molecular complexity index is 351. The summed E-state index contributed by atoms with van der Waals surface area (Å²) < 4.78 is 12.6. The molecule has 0 aromatic heterocycles. The van der Waals surface area contributed by atoms with Gasteiger partial charge in [-0.2, -0.15) is 0 Å². The van der Waals surface area contributed by atoms with E-state index in [2.05, 4.69) is 82.2 Å². The van der Waals surface area contributed by atoms with Crippen LogP contribution in [0.25, 0.3) is 0 Å². The Labute approximate surface area is 185 Å². The van der Waals surface area contributed by atoms with Gasteiger partial charge in [-0.1, -0.05) is 61.9 Å². The van der Waals surface area contributed by atoms with Crippen LogP contribution in [0.3, 0.4) is 0 Å². The van der Waals surface area contributed by atoms with E-state index in [0.717, 1.165) is 5.33 Å². The third-order valence-electron chi connectivity index (χ3n) is 4.53. The van der Waals surface area contributed by atoms with Gasteiger partial charge in [0.1, 0.15) is 0 Å². The molecule has 166 valence electrons. The molecule has 0 heterocycles. The molecule has 0 N–H and O–H groups in total. The Morgan fingerprint density at radius 1 is 0.667 bits per heavy atom. The summed E-state index contributed by atoms with van der Waals surface area (Å²) in [4.78, 5) is 0. The van der Waals surface area contributed by atoms with Crippen LogP contribution in [-0.2, 0) is 8.23 Å². The predicted octanol–water partition coefficient (Wildman–Crippen LogP) is 8.38. The second kappa shape index (κ2) is 16.0. The number of unbranched alkanes of at least 4 members (excludes halogenated alkanes) is 3. The third-order valence-corrected chi connectivity index (χ3v) is 18.6. The lowest BCUT2D eigenvalue weighted by atomic mass is 10.4. The summed E-state index contributed by atoms with van der Waals surface area (Å²) in [6.45, 7) is 23.3. The molecule has 0 rings (SSSR count). The summed E-state index contributed by atoms with van der Waals surface area (Å²) >= 11 is 3.50. The molecule has 0 unspecified atom stereocenters. The van der Waals surface area contributed by atoms with Crippen molar-refractivity contribution >= 4 is 49.9 Å². The fourth-order valence-corrected chi connectivity index (χ4v) is 19.7. The molecule has 0 saturated carbocycles. The Morgan fingerprint density at radius 3 is 1.44 bits per heavy atom. The maximum Gasteiger partial charge on any atom is 0.173 e. The summed E-state index contributed by atoms with van der Waals surface area (Å²) in [5.74, 6) is 0. The van der Waals surface area contributed by atoms with Crippen molar-refractivity contribution in [1.82, 2.24) is 0 Å². The van der Waals surface area contributed by atoms with Crippen LogP contribution in [0.4, 0.5) is 0 Å². The van der Waals surface area contributed by atoms with E-state index in [9.17, 15) is 0 Å². The van der Waals surface area contributed by atoms with Crippen molar-refractivity contribution < 1.29 is 8.23 Å². The topological polar surface area (TPSA) is 18.5 Å². The predicted molar refractivity (Wildman–Crippen MR) is 141 cm³/mol. The van der Waals surface area contributed by atoms with Gasteiger partial charge in [-0.25, -0.2) is 0 Å². The van der Waals surface area contributed by atoms with Crippen molar-refractivity contribution in [3.63, 3.8) is 0 Å². The van der Waals surface area contributed by atoms with E-state index in [1.807, 2.05) is 0 Å². The van der Waals surface area contributed by atoms with Gasteiger partial charge in [0.05, 0.1) is 0 Å². The van der Waals surface area contributed by atoms with Crippen LogP contribution in [0.15, 0.2) is 0 Å². The molecule has 0 spiro atoms. The quantitative estimate of drug-likeness (QED) is 0.131. The molecule has 0 saturated heterocycles. The highest BCUT2D eigenvalue weighted by atomic mass is 79.9. The minimum atomic E-state index is -1.39. The molecule has 0 aliphatic rings. The molecular weight excluding hydrogens is 464 g/mol. The average Bonchev–Trinajstić information content (AvgIpc) is 2.49. The number of halogens is 1. The first-order chi connectivity index (χ1) is 12.3. The van der Waals surface area contributed by atoms with Gasteiger partial charge in [0.15, 0.2) is 34.0 Å². The van der Waals surface area contributed by atoms with E-state index in [4.69, 9.17) is 8.23 Å². The molecule has 0 aliphatic carbocycles. The first-order valence-corrected chi connectivity index (χ1v) is 24.5. The molecule has 0 aliphatic heterocycles. The van der Waals surface area contributed by atoms with E-state index in [1.165, 1.54) is 56.7 Å². The van der Waals surface area contributed by atoms with Gasteiger partial charge in [-0.05, 0) is 76.9 Å². The summed E-state index contributed by atoms with van der Waals surface area (Å²) in [5, 5.41) is 1.13. The number of hydrogen-bond donors (Lipinski definition) is 0. The zero-order chi connectivity index (χ0) is 21.6. The van der Waals surface area contributed by atoms with Gasteiger partial charge in [0, 0.05) is 5.33 Å². The van der Waals surface area contributed by atoms with Crippen LogP contribution in [0.1, 0.15) is 52.4 Å². The van der Waals surface area contributed by atoms with E-state index in [0.29, 0.717) is 0 Å². The van der Waals surface area contributed by atoms with Gasteiger partial charge in [-0.3, -0.25) is 0 Å². The highest BCUT2D eigenvalue weighted by Gasteiger charge is 2.31. The highest BCUT2D eigenvalue weighted by Crippen LogP contribution is 2.24. The van der Waals surface area contributed by atoms with Crippen molar-refractivity contribution in [2.75, 3.05) is 5.33 Å². The molecule has 0 bridgehead atoms. The SMILES string of the molecule is CCCC[Si](C)(C)O[SiH](C)C.CCCC[Si](C)(C)O[Si](C)(C)CCCCBr.